The maximum absolute atomic E-state index is 5.28. The standard InChI is InChI=1S/C41H36N4S/c1-25-9-13-27(14-10-25)39-33-19-17-29(42-33)31-21-23-37(44-31)41(3,4)38-24-22-32(45-38)30-18-20-34(43-30)40(28-15-11-26(2)12-16-28)36-8-6-5-7-35(39)46-36/h5-24,35-36,44-45H,1-4H3/b39-33-,40-34-. The number of rotatable bonds is 2. The summed E-state index contributed by atoms with van der Waals surface area (Å²) in [6.45, 7) is 8.77. The van der Waals surface area contributed by atoms with Gasteiger partial charge in [-0.05, 0) is 87.4 Å². The van der Waals surface area contributed by atoms with Gasteiger partial charge in [0.1, 0.15) is 0 Å². The van der Waals surface area contributed by atoms with Gasteiger partial charge in [-0.1, -0.05) is 84.0 Å². The predicted molar refractivity (Wildman–Crippen MR) is 195 cm³/mol. The molecule has 0 aliphatic carbocycles. The number of nitrogens with one attached hydrogen (secondary N) is 2. The first-order valence-electron chi connectivity index (χ1n) is 15.9. The van der Waals surface area contributed by atoms with Crippen molar-refractivity contribution >= 4 is 34.3 Å². The lowest BCUT2D eigenvalue weighted by Gasteiger charge is -2.25. The molecule has 226 valence electrons. The number of allylic oxidation sites excluding steroid dienone is 6. The third kappa shape index (κ3) is 5.05. The summed E-state index contributed by atoms with van der Waals surface area (Å²) in [5.41, 5.74) is 15.2. The Hall–Kier alpha value is -4.87. The van der Waals surface area contributed by atoms with Gasteiger partial charge in [-0.2, -0.15) is 0 Å². The fraction of sp³-hybridized carbons (Fsp3) is 0.171. The number of aliphatic imine (C=N–C) groups is 2. The van der Waals surface area contributed by atoms with Crippen LogP contribution in [0.15, 0.2) is 143 Å². The Bertz CT molecular complexity index is 1950. The molecule has 4 nitrogen and oxygen atoms in total. The lowest BCUT2D eigenvalue weighted by molar-refractivity contribution is 0.603. The fourth-order valence-electron chi connectivity index (χ4n) is 6.58. The van der Waals surface area contributed by atoms with Crippen LogP contribution in [0, 0.1) is 13.8 Å². The van der Waals surface area contributed by atoms with Gasteiger partial charge in [0.15, 0.2) is 0 Å². The first kappa shape index (κ1) is 28.6. The lowest BCUT2D eigenvalue weighted by atomic mass is 9.86. The number of aromatic amines is 2. The number of benzene rings is 2. The Morgan fingerprint density at radius 3 is 1.43 bits per heavy atom. The highest BCUT2D eigenvalue weighted by Gasteiger charge is 2.31. The number of H-pyrrole nitrogens is 2. The molecule has 8 rings (SSSR count). The van der Waals surface area contributed by atoms with Crippen LogP contribution in [0.1, 0.15) is 58.9 Å². The van der Waals surface area contributed by atoms with Crippen molar-refractivity contribution in [2.45, 2.75) is 43.6 Å². The average molecular weight is 617 g/mol. The Labute approximate surface area is 274 Å². The monoisotopic (exact) mass is 616 g/mol. The van der Waals surface area contributed by atoms with Crippen LogP contribution in [0.4, 0.5) is 0 Å². The lowest BCUT2D eigenvalue weighted by Crippen LogP contribution is -2.20. The van der Waals surface area contributed by atoms with Crippen molar-refractivity contribution < 1.29 is 0 Å². The van der Waals surface area contributed by atoms with E-state index in [0.717, 1.165) is 45.6 Å². The largest absolute Gasteiger partial charge is 0.356 e. The highest BCUT2D eigenvalue weighted by Crippen LogP contribution is 2.44. The van der Waals surface area contributed by atoms with Crippen LogP contribution in [0.25, 0.3) is 11.1 Å². The van der Waals surface area contributed by atoms with E-state index in [1.165, 1.54) is 33.4 Å². The second kappa shape index (κ2) is 11.2. The van der Waals surface area contributed by atoms with Gasteiger partial charge in [0.05, 0.1) is 44.7 Å². The maximum Gasteiger partial charge on any atom is 0.0872 e. The zero-order valence-corrected chi connectivity index (χ0v) is 27.3. The number of fused-ring (bicyclic) bond motifs is 10. The molecule has 6 heterocycles. The number of aryl methyl sites for hydroxylation is 2. The van der Waals surface area contributed by atoms with Crippen LogP contribution in [0.5, 0.6) is 0 Å². The fourth-order valence-corrected chi connectivity index (χ4v) is 8.04. The van der Waals surface area contributed by atoms with Crippen LogP contribution in [-0.2, 0) is 5.41 Å². The van der Waals surface area contributed by atoms with E-state index in [-0.39, 0.29) is 15.9 Å². The summed E-state index contributed by atoms with van der Waals surface area (Å²) in [7, 11) is 0. The van der Waals surface area contributed by atoms with Gasteiger partial charge in [0.2, 0.25) is 0 Å². The molecule has 2 aromatic heterocycles. The molecule has 2 N–H and O–H groups in total. The van der Waals surface area contributed by atoms with Crippen LogP contribution in [0.2, 0.25) is 0 Å². The smallest absolute Gasteiger partial charge is 0.0872 e. The zero-order valence-electron chi connectivity index (χ0n) is 26.5. The van der Waals surface area contributed by atoms with Gasteiger partial charge in [-0.3, -0.25) is 0 Å². The normalized spacial score (nSPS) is 24.4. The topological polar surface area (TPSA) is 56.3 Å². The zero-order chi connectivity index (χ0) is 31.4. The van der Waals surface area contributed by atoms with E-state index in [1.54, 1.807) is 0 Å². The average Bonchev–Trinajstić information content (AvgIpc) is 3.86. The Morgan fingerprint density at radius 1 is 0.565 bits per heavy atom. The van der Waals surface area contributed by atoms with Gasteiger partial charge in [0, 0.05) is 27.9 Å². The van der Waals surface area contributed by atoms with E-state index in [0.29, 0.717) is 0 Å². The molecule has 4 aromatic rings. The summed E-state index contributed by atoms with van der Waals surface area (Å²) in [6, 6.07) is 26.4. The highest BCUT2D eigenvalue weighted by molar-refractivity contribution is 8.01. The second-order valence-corrected chi connectivity index (χ2v) is 14.2. The van der Waals surface area contributed by atoms with Crippen LogP contribution >= 0.6 is 11.8 Å². The number of nitrogens with zero attached hydrogens (tertiary/aromatic N) is 2. The number of aromatic nitrogens is 2. The van der Waals surface area contributed by atoms with Crippen molar-refractivity contribution in [2.24, 2.45) is 9.98 Å². The van der Waals surface area contributed by atoms with Gasteiger partial charge in [-0.25, -0.2) is 9.98 Å². The summed E-state index contributed by atoms with van der Waals surface area (Å²) < 4.78 is 0. The quantitative estimate of drug-likeness (QED) is 0.232. The third-order valence-corrected chi connectivity index (χ3v) is 10.7. The van der Waals surface area contributed by atoms with Gasteiger partial charge in [0.25, 0.3) is 0 Å². The van der Waals surface area contributed by atoms with Crippen molar-refractivity contribution in [1.82, 2.24) is 9.97 Å². The molecule has 5 heteroatoms. The minimum atomic E-state index is -0.272. The molecule has 0 spiro atoms. The number of thioether (sulfide) groups is 1. The molecular formula is C41H36N4S. The molecule has 0 radical (unpaired) electrons. The SMILES string of the molecule is Cc1ccc(/C2=C3\C=CC(=N3)c3ccc([nH]3)C(C)(C)c3ccc([nH]3)C3=N/C(=C(/c4ccc(C)cc4)C4C=CC=CC2S4)C=C3)cc1. The van der Waals surface area contributed by atoms with Gasteiger partial charge in [-0.15, -0.1) is 11.8 Å². The highest BCUT2D eigenvalue weighted by atomic mass is 32.2. The predicted octanol–water partition coefficient (Wildman–Crippen LogP) is 9.44. The summed E-state index contributed by atoms with van der Waals surface area (Å²) in [5, 5.41) is 0.117. The van der Waals surface area contributed by atoms with E-state index in [1.807, 2.05) is 11.8 Å². The number of hydrogen-bond acceptors (Lipinski definition) is 3. The van der Waals surface area contributed by atoms with E-state index < -0.39 is 0 Å². The first-order chi connectivity index (χ1) is 22.3. The summed E-state index contributed by atoms with van der Waals surface area (Å²) in [6.07, 6.45) is 17.7. The maximum atomic E-state index is 5.28. The van der Waals surface area contributed by atoms with E-state index in [2.05, 4.69) is 159 Å². The molecule has 4 aliphatic heterocycles. The van der Waals surface area contributed by atoms with Crippen molar-refractivity contribution in [3.63, 3.8) is 0 Å². The molecule has 2 aromatic carbocycles. The molecule has 0 saturated heterocycles. The van der Waals surface area contributed by atoms with Crippen molar-refractivity contribution in [3.8, 4) is 0 Å². The Kier molecular flexibility index (Phi) is 6.95. The second-order valence-electron chi connectivity index (χ2n) is 12.9. The number of hydrogen-bond donors (Lipinski definition) is 2. The van der Waals surface area contributed by atoms with Gasteiger partial charge < -0.3 is 9.97 Å². The van der Waals surface area contributed by atoms with Crippen molar-refractivity contribution in [2.75, 3.05) is 0 Å². The molecule has 4 aliphatic rings. The molecule has 46 heavy (non-hydrogen) atoms. The first-order valence-corrected chi connectivity index (χ1v) is 16.8. The van der Waals surface area contributed by atoms with Crippen LogP contribution < -0.4 is 0 Å². The molecule has 10 bridgehead atoms. The van der Waals surface area contributed by atoms with E-state index >= 15 is 0 Å². The van der Waals surface area contributed by atoms with E-state index in [4.69, 9.17) is 9.98 Å². The van der Waals surface area contributed by atoms with Crippen LogP contribution in [0.3, 0.4) is 0 Å². The molecular weight excluding hydrogens is 581 g/mol. The summed E-state index contributed by atoms with van der Waals surface area (Å²) in [4.78, 5) is 18.0. The molecule has 0 saturated carbocycles. The van der Waals surface area contributed by atoms with Crippen molar-refractivity contribution in [3.05, 3.63) is 178 Å². The minimum Gasteiger partial charge on any atom is -0.356 e. The summed E-state index contributed by atoms with van der Waals surface area (Å²) >= 11 is 1.94. The Balaban J connectivity index is 1.37. The molecule has 0 fully saturated rings. The minimum absolute atomic E-state index is 0.0586. The van der Waals surface area contributed by atoms with Crippen LogP contribution in [-0.4, -0.2) is 31.9 Å². The summed E-state index contributed by atoms with van der Waals surface area (Å²) in [5.74, 6) is 0. The van der Waals surface area contributed by atoms with Gasteiger partial charge >= 0.3 is 0 Å². The Morgan fingerprint density at radius 2 is 1.00 bits per heavy atom. The third-order valence-electron chi connectivity index (χ3n) is 9.37. The molecule has 2 unspecified atom stereocenters. The molecule has 2 atom stereocenters. The van der Waals surface area contributed by atoms with E-state index in [9.17, 15) is 0 Å². The van der Waals surface area contributed by atoms with Crippen molar-refractivity contribution in [1.29, 1.82) is 0 Å². The molecule has 0 amide bonds.